The number of carbonyl (C=O) groups excluding carboxylic acids is 1. The van der Waals surface area contributed by atoms with Crippen molar-refractivity contribution in [3.05, 3.63) is 45.8 Å². The van der Waals surface area contributed by atoms with E-state index in [9.17, 15) is 4.79 Å². The van der Waals surface area contributed by atoms with Crippen LogP contribution in [0.2, 0.25) is 5.02 Å². The van der Waals surface area contributed by atoms with Crippen LogP contribution < -0.4 is 16.8 Å². The number of nitrogens with one attached hydrogen (secondary N) is 1. The summed E-state index contributed by atoms with van der Waals surface area (Å²) in [6.07, 6.45) is 0. The van der Waals surface area contributed by atoms with E-state index in [1.807, 2.05) is 6.92 Å². The van der Waals surface area contributed by atoms with Gasteiger partial charge in [-0.25, -0.2) is 0 Å². The van der Waals surface area contributed by atoms with Gasteiger partial charge in [0.25, 0.3) is 5.91 Å². The van der Waals surface area contributed by atoms with Gasteiger partial charge < -0.3 is 16.8 Å². The Morgan fingerprint density at radius 3 is 2.67 bits per heavy atom. The number of amides is 1. The lowest BCUT2D eigenvalue weighted by atomic mass is 10.1. The van der Waals surface area contributed by atoms with Gasteiger partial charge in [0.05, 0.1) is 10.6 Å². The molecule has 0 radical (unpaired) electrons. The Kier molecular flexibility index (Phi) is 4.82. The number of hydrogen-bond donors (Lipinski definition) is 3. The van der Waals surface area contributed by atoms with Crippen LogP contribution in [0.15, 0.2) is 34.6 Å². The number of nitrogen functional groups attached to an aromatic ring is 1. The number of carbonyl (C=O) groups is 1. The van der Waals surface area contributed by atoms with Crippen LogP contribution in [0.5, 0.6) is 0 Å². The number of nitrogens with zero attached hydrogens (tertiary/aromatic N) is 1. The molecule has 0 atom stereocenters. The van der Waals surface area contributed by atoms with Crippen molar-refractivity contribution >= 4 is 45.4 Å². The summed E-state index contributed by atoms with van der Waals surface area (Å²) in [5.74, 6) is -0.00738. The van der Waals surface area contributed by atoms with Crippen LogP contribution in [0.4, 0.5) is 10.7 Å². The Bertz CT molecular complexity index is 679. The second kappa shape index (κ2) is 6.60. The molecule has 0 bridgehead atoms. The summed E-state index contributed by atoms with van der Waals surface area (Å²) >= 11 is 7.07. The van der Waals surface area contributed by atoms with Crippen molar-refractivity contribution in [1.82, 2.24) is 0 Å². The summed E-state index contributed by atoms with van der Waals surface area (Å²) in [5, 5.41) is 5.51. The van der Waals surface area contributed by atoms with Gasteiger partial charge in [0.2, 0.25) is 0 Å². The molecule has 2 rings (SSSR count). The molecule has 2 aromatic rings. The van der Waals surface area contributed by atoms with Crippen LogP contribution in [-0.2, 0) is 0 Å². The fourth-order valence-corrected chi connectivity index (χ4v) is 2.71. The first-order valence-corrected chi connectivity index (χ1v) is 7.52. The average molecular weight is 323 g/mol. The summed E-state index contributed by atoms with van der Waals surface area (Å²) < 4.78 is 0. The first-order chi connectivity index (χ1) is 10.0. The predicted octanol–water partition coefficient (Wildman–Crippen LogP) is 2.96. The highest BCUT2D eigenvalue weighted by Gasteiger charge is 2.19. The smallest absolute Gasteiger partial charge is 0.259 e. The fourth-order valence-electron chi connectivity index (χ4n) is 1.78. The number of thiophene rings is 1. The molecular weight excluding hydrogens is 308 g/mol. The molecule has 110 valence electrons. The quantitative estimate of drug-likeness (QED) is 0.596. The maximum absolute atomic E-state index is 12.4. The molecular formula is C14H15ClN4OS. The van der Waals surface area contributed by atoms with Gasteiger partial charge in [0, 0.05) is 28.2 Å². The van der Waals surface area contributed by atoms with Crippen molar-refractivity contribution in [2.75, 3.05) is 17.6 Å². The molecule has 7 heteroatoms. The molecule has 0 spiro atoms. The second-order valence-electron chi connectivity index (χ2n) is 4.21. The van der Waals surface area contributed by atoms with Gasteiger partial charge in [-0.1, -0.05) is 11.6 Å². The minimum Gasteiger partial charge on any atom is -0.390 e. The predicted molar refractivity (Wildman–Crippen MR) is 89.4 cm³/mol. The lowest BCUT2D eigenvalue weighted by Gasteiger charge is -2.07. The molecule has 0 unspecified atom stereocenters. The normalized spacial score (nSPS) is 11.4. The Balaban J connectivity index is 2.29. The first-order valence-electron chi connectivity index (χ1n) is 6.27. The van der Waals surface area contributed by atoms with Crippen molar-refractivity contribution < 1.29 is 4.79 Å². The van der Waals surface area contributed by atoms with Gasteiger partial charge in [-0.05, 0) is 31.2 Å². The van der Waals surface area contributed by atoms with Gasteiger partial charge in [0.1, 0.15) is 5.84 Å². The molecule has 0 fully saturated rings. The third kappa shape index (κ3) is 3.53. The summed E-state index contributed by atoms with van der Waals surface area (Å²) in [6.45, 7) is 2.41. The summed E-state index contributed by atoms with van der Waals surface area (Å²) in [5.41, 5.74) is 13.3. The maximum atomic E-state index is 12.4. The summed E-state index contributed by atoms with van der Waals surface area (Å²) in [7, 11) is 0. The van der Waals surface area contributed by atoms with Gasteiger partial charge >= 0.3 is 0 Å². The number of nitrogens with two attached hydrogens (primary N) is 2. The van der Waals surface area contributed by atoms with E-state index in [1.54, 1.807) is 29.6 Å². The minimum absolute atomic E-state index is 0.312. The van der Waals surface area contributed by atoms with Crippen molar-refractivity contribution in [2.45, 2.75) is 6.92 Å². The number of benzene rings is 1. The Labute approximate surface area is 131 Å². The summed E-state index contributed by atoms with van der Waals surface area (Å²) in [6, 6.07) is 6.82. The third-order valence-electron chi connectivity index (χ3n) is 2.75. The molecule has 1 aromatic carbocycles. The molecule has 21 heavy (non-hydrogen) atoms. The van der Waals surface area contributed by atoms with E-state index in [2.05, 4.69) is 10.3 Å². The molecule has 0 aliphatic carbocycles. The molecule has 0 aliphatic heterocycles. The van der Waals surface area contributed by atoms with Crippen LogP contribution in [0.1, 0.15) is 22.8 Å². The molecule has 1 aromatic heterocycles. The van der Waals surface area contributed by atoms with E-state index in [0.717, 1.165) is 0 Å². The first kappa shape index (κ1) is 15.3. The van der Waals surface area contributed by atoms with Gasteiger partial charge in [-0.15, -0.1) is 11.3 Å². The highest BCUT2D eigenvalue weighted by molar-refractivity contribution is 7.14. The minimum atomic E-state index is -0.319. The number of amidine groups is 1. The number of anilines is 2. The Morgan fingerprint density at radius 1 is 1.38 bits per heavy atom. The molecule has 5 nitrogen and oxygen atoms in total. The molecule has 1 amide bonds. The number of halogens is 1. The van der Waals surface area contributed by atoms with Crippen molar-refractivity contribution in [1.29, 1.82) is 0 Å². The van der Waals surface area contributed by atoms with Crippen LogP contribution in [0, 0.1) is 0 Å². The zero-order valence-corrected chi connectivity index (χ0v) is 13.0. The zero-order chi connectivity index (χ0) is 15.4. The number of hydrogen-bond acceptors (Lipinski definition) is 4. The van der Waals surface area contributed by atoms with Crippen LogP contribution in [-0.4, -0.2) is 18.3 Å². The van der Waals surface area contributed by atoms with Crippen LogP contribution in [0.25, 0.3) is 0 Å². The van der Waals surface area contributed by atoms with Gasteiger partial charge in [0.15, 0.2) is 0 Å². The van der Waals surface area contributed by atoms with E-state index in [4.69, 9.17) is 23.1 Å². The second-order valence-corrected chi connectivity index (χ2v) is 5.56. The summed E-state index contributed by atoms with van der Waals surface area (Å²) in [4.78, 5) is 16.5. The molecule has 0 saturated heterocycles. The highest BCUT2D eigenvalue weighted by atomic mass is 35.5. The van der Waals surface area contributed by atoms with Crippen LogP contribution >= 0.6 is 22.9 Å². The fraction of sp³-hybridized carbons (Fsp3) is 0.143. The van der Waals surface area contributed by atoms with E-state index in [-0.39, 0.29) is 5.91 Å². The van der Waals surface area contributed by atoms with Crippen molar-refractivity contribution in [3.8, 4) is 0 Å². The van der Waals surface area contributed by atoms with E-state index < -0.39 is 0 Å². The van der Waals surface area contributed by atoms with E-state index in [0.29, 0.717) is 39.2 Å². The third-order valence-corrected chi connectivity index (χ3v) is 3.82. The molecule has 0 saturated carbocycles. The number of aliphatic imine (C=N–C) groups is 1. The van der Waals surface area contributed by atoms with Crippen molar-refractivity contribution in [2.24, 2.45) is 10.7 Å². The molecule has 1 heterocycles. The zero-order valence-electron chi connectivity index (χ0n) is 11.4. The highest BCUT2D eigenvalue weighted by Crippen LogP contribution is 2.26. The topological polar surface area (TPSA) is 93.5 Å². The lowest BCUT2D eigenvalue weighted by molar-refractivity contribution is 0.102. The van der Waals surface area contributed by atoms with Crippen molar-refractivity contribution in [3.63, 3.8) is 0 Å². The monoisotopic (exact) mass is 322 g/mol. The number of rotatable bonds is 4. The average Bonchev–Trinajstić information content (AvgIpc) is 2.83. The standard InChI is InChI=1S/C14H15ClN4OS/c1-2-18-12(16)10-7-21-13(17)11(10)14(20)19-9-5-3-8(15)4-6-9/h3-7H,2,17H2,1H3,(H2,16,18)(H,19,20). The molecule has 5 N–H and O–H groups in total. The van der Waals surface area contributed by atoms with Gasteiger partial charge in [-0.3, -0.25) is 9.79 Å². The maximum Gasteiger partial charge on any atom is 0.259 e. The van der Waals surface area contributed by atoms with Crippen LogP contribution in [0.3, 0.4) is 0 Å². The van der Waals surface area contributed by atoms with E-state index >= 15 is 0 Å². The van der Waals surface area contributed by atoms with E-state index in [1.165, 1.54) is 11.3 Å². The molecule has 0 aliphatic rings. The van der Waals surface area contributed by atoms with Gasteiger partial charge in [-0.2, -0.15) is 0 Å². The SMILES string of the molecule is CCN=C(N)c1csc(N)c1C(=O)Nc1ccc(Cl)cc1. The largest absolute Gasteiger partial charge is 0.390 e. The lowest BCUT2D eigenvalue weighted by Crippen LogP contribution is -2.21. The Morgan fingerprint density at radius 2 is 2.05 bits per heavy atom. The Hall–Kier alpha value is -2.05.